The number of alkyl halides is 3. The molecule has 1 atom stereocenters. The Kier molecular flexibility index (Phi) is 7.06. The second-order valence-electron chi connectivity index (χ2n) is 5.13. The third kappa shape index (κ3) is 5.95. The number of nitrogens with one attached hydrogen (secondary N) is 1. The van der Waals surface area contributed by atoms with Gasteiger partial charge in [0.15, 0.2) is 0 Å². The highest BCUT2D eigenvalue weighted by Gasteiger charge is 2.29. The van der Waals surface area contributed by atoms with Gasteiger partial charge in [0.05, 0.1) is 5.56 Å². The Morgan fingerprint density at radius 3 is 2.20 bits per heavy atom. The number of benzene rings is 1. The van der Waals surface area contributed by atoms with Crippen LogP contribution in [0.2, 0.25) is 0 Å². The number of hydrogen-bond acceptors (Lipinski definition) is 1. The van der Waals surface area contributed by atoms with Crippen LogP contribution in [-0.4, -0.2) is 12.6 Å². The highest BCUT2D eigenvalue weighted by Crippen LogP contribution is 2.29. The molecule has 1 rings (SSSR count). The number of hydrogen-bond donors (Lipinski definition) is 1. The minimum atomic E-state index is -4.24. The fourth-order valence-electron chi connectivity index (χ4n) is 2.40. The van der Waals surface area contributed by atoms with E-state index in [0.29, 0.717) is 6.04 Å². The summed E-state index contributed by atoms with van der Waals surface area (Å²) in [5, 5.41) is 3.45. The smallest absolute Gasteiger partial charge is 0.314 e. The molecular formula is C16H24F3N. The Labute approximate surface area is 119 Å². The maximum atomic E-state index is 12.4. The average Bonchev–Trinajstić information content (AvgIpc) is 2.39. The van der Waals surface area contributed by atoms with E-state index in [0.717, 1.165) is 44.2 Å². The Hall–Kier alpha value is -1.03. The molecule has 0 heterocycles. The summed E-state index contributed by atoms with van der Waals surface area (Å²) in [6.45, 7) is 5.23. The van der Waals surface area contributed by atoms with Crippen molar-refractivity contribution in [2.45, 2.75) is 58.2 Å². The maximum Gasteiger partial charge on any atom is 0.416 e. The van der Waals surface area contributed by atoms with Crippen LogP contribution in [0.1, 0.15) is 50.7 Å². The predicted octanol–water partition coefficient (Wildman–Crippen LogP) is 4.81. The van der Waals surface area contributed by atoms with Crippen molar-refractivity contribution in [2.24, 2.45) is 0 Å². The van der Waals surface area contributed by atoms with Crippen molar-refractivity contribution in [3.8, 4) is 0 Å². The van der Waals surface area contributed by atoms with Crippen LogP contribution in [0.3, 0.4) is 0 Å². The van der Waals surface area contributed by atoms with Gasteiger partial charge in [-0.2, -0.15) is 13.2 Å². The van der Waals surface area contributed by atoms with Crippen LogP contribution in [-0.2, 0) is 12.6 Å². The summed E-state index contributed by atoms with van der Waals surface area (Å²) < 4.78 is 37.3. The zero-order valence-electron chi connectivity index (χ0n) is 12.3. The van der Waals surface area contributed by atoms with Gasteiger partial charge < -0.3 is 5.32 Å². The van der Waals surface area contributed by atoms with Crippen LogP contribution < -0.4 is 5.32 Å². The average molecular weight is 287 g/mol. The van der Waals surface area contributed by atoms with Gasteiger partial charge in [-0.1, -0.05) is 32.4 Å². The Balaban J connectivity index is 2.41. The highest BCUT2D eigenvalue weighted by molar-refractivity contribution is 5.24. The molecule has 0 aromatic heterocycles. The molecule has 0 saturated heterocycles. The second kappa shape index (κ2) is 8.30. The van der Waals surface area contributed by atoms with E-state index < -0.39 is 11.7 Å². The topological polar surface area (TPSA) is 12.0 Å². The summed E-state index contributed by atoms with van der Waals surface area (Å²) in [6.07, 6.45) is 0.976. The lowest BCUT2D eigenvalue weighted by molar-refractivity contribution is -0.137. The second-order valence-corrected chi connectivity index (χ2v) is 5.13. The minimum absolute atomic E-state index is 0.527. The van der Waals surface area contributed by atoms with Gasteiger partial charge in [0.25, 0.3) is 0 Å². The summed E-state index contributed by atoms with van der Waals surface area (Å²) in [5.41, 5.74) is 0.405. The molecule has 1 nitrogen and oxygen atoms in total. The van der Waals surface area contributed by atoms with Gasteiger partial charge in [-0.05, 0) is 49.9 Å². The molecule has 0 saturated carbocycles. The van der Waals surface area contributed by atoms with Crippen LogP contribution in [0.15, 0.2) is 24.3 Å². The van der Waals surface area contributed by atoms with Crippen LogP contribution in [0.25, 0.3) is 0 Å². The van der Waals surface area contributed by atoms with Crippen LogP contribution >= 0.6 is 0 Å². The molecule has 0 spiro atoms. The number of aryl methyl sites for hydroxylation is 1. The van der Waals surface area contributed by atoms with E-state index in [1.54, 1.807) is 12.1 Å². The number of halogens is 3. The molecule has 114 valence electrons. The Morgan fingerprint density at radius 2 is 1.70 bits per heavy atom. The number of rotatable bonds is 8. The van der Waals surface area contributed by atoms with Crippen molar-refractivity contribution in [1.82, 2.24) is 5.32 Å². The fraction of sp³-hybridized carbons (Fsp3) is 0.625. The maximum absolute atomic E-state index is 12.4. The molecular weight excluding hydrogens is 263 g/mol. The standard InChI is InChI=1S/C16H24F3N/c1-3-6-15(20-4-2)8-5-7-13-9-11-14(12-10-13)16(17,18)19/h9-12,15,20H,3-8H2,1-2H3. The third-order valence-electron chi connectivity index (χ3n) is 3.43. The highest BCUT2D eigenvalue weighted by atomic mass is 19.4. The Bertz CT molecular complexity index is 364. The van der Waals surface area contributed by atoms with Gasteiger partial charge in [0, 0.05) is 6.04 Å². The largest absolute Gasteiger partial charge is 0.416 e. The lowest BCUT2D eigenvalue weighted by Crippen LogP contribution is -2.28. The SMILES string of the molecule is CCCC(CCCc1ccc(C(F)(F)F)cc1)NCC. The predicted molar refractivity (Wildman–Crippen MR) is 76.8 cm³/mol. The summed E-state index contributed by atoms with van der Waals surface area (Å²) in [4.78, 5) is 0. The molecule has 1 aromatic carbocycles. The molecule has 1 aromatic rings. The molecule has 20 heavy (non-hydrogen) atoms. The van der Waals surface area contributed by atoms with Gasteiger partial charge in [-0.3, -0.25) is 0 Å². The van der Waals surface area contributed by atoms with Crippen molar-refractivity contribution >= 4 is 0 Å². The first-order valence-corrected chi connectivity index (χ1v) is 7.36. The molecule has 0 aliphatic heterocycles. The van der Waals surface area contributed by atoms with Crippen molar-refractivity contribution in [2.75, 3.05) is 6.54 Å². The molecule has 0 aliphatic rings. The van der Waals surface area contributed by atoms with Gasteiger partial charge >= 0.3 is 6.18 Å². The first kappa shape index (κ1) is 17.0. The summed E-state index contributed by atoms with van der Waals surface area (Å²) in [7, 11) is 0. The van der Waals surface area contributed by atoms with Crippen LogP contribution in [0.4, 0.5) is 13.2 Å². The third-order valence-corrected chi connectivity index (χ3v) is 3.43. The quantitative estimate of drug-likeness (QED) is 0.723. The van der Waals surface area contributed by atoms with Gasteiger partial charge in [0.1, 0.15) is 0 Å². The Morgan fingerprint density at radius 1 is 1.05 bits per heavy atom. The zero-order valence-corrected chi connectivity index (χ0v) is 12.3. The summed E-state index contributed by atoms with van der Waals surface area (Å²) in [5.74, 6) is 0. The van der Waals surface area contributed by atoms with Crippen molar-refractivity contribution in [1.29, 1.82) is 0 Å². The van der Waals surface area contributed by atoms with Crippen LogP contribution in [0, 0.1) is 0 Å². The van der Waals surface area contributed by atoms with E-state index in [-0.39, 0.29) is 0 Å². The van der Waals surface area contributed by atoms with Crippen LogP contribution in [0.5, 0.6) is 0 Å². The first-order valence-electron chi connectivity index (χ1n) is 7.36. The normalized spacial score (nSPS) is 13.4. The molecule has 0 fully saturated rings. The van der Waals surface area contributed by atoms with Crippen molar-refractivity contribution in [3.63, 3.8) is 0 Å². The first-order chi connectivity index (χ1) is 9.47. The minimum Gasteiger partial charge on any atom is -0.314 e. The molecule has 0 bridgehead atoms. The lowest BCUT2D eigenvalue weighted by Gasteiger charge is -2.16. The van der Waals surface area contributed by atoms with Gasteiger partial charge in [0.2, 0.25) is 0 Å². The van der Waals surface area contributed by atoms with E-state index in [4.69, 9.17) is 0 Å². The van der Waals surface area contributed by atoms with E-state index in [9.17, 15) is 13.2 Å². The summed E-state index contributed by atoms with van der Waals surface area (Å²) in [6, 6.07) is 6.04. The molecule has 0 amide bonds. The lowest BCUT2D eigenvalue weighted by atomic mass is 10.0. The van der Waals surface area contributed by atoms with E-state index >= 15 is 0 Å². The molecule has 4 heteroatoms. The van der Waals surface area contributed by atoms with E-state index in [1.165, 1.54) is 12.1 Å². The summed E-state index contributed by atoms with van der Waals surface area (Å²) >= 11 is 0. The molecule has 1 N–H and O–H groups in total. The molecule has 0 aliphatic carbocycles. The monoisotopic (exact) mass is 287 g/mol. The van der Waals surface area contributed by atoms with Crippen molar-refractivity contribution in [3.05, 3.63) is 35.4 Å². The molecule has 0 radical (unpaired) electrons. The fourth-order valence-corrected chi connectivity index (χ4v) is 2.40. The van der Waals surface area contributed by atoms with E-state index in [2.05, 4.69) is 19.2 Å². The molecule has 1 unspecified atom stereocenters. The van der Waals surface area contributed by atoms with E-state index in [1.807, 2.05) is 0 Å². The van der Waals surface area contributed by atoms with Gasteiger partial charge in [-0.25, -0.2) is 0 Å². The van der Waals surface area contributed by atoms with Crippen molar-refractivity contribution < 1.29 is 13.2 Å². The van der Waals surface area contributed by atoms with Gasteiger partial charge in [-0.15, -0.1) is 0 Å². The zero-order chi connectivity index (χ0) is 15.0.